The molecular formula is C19H26F3N5O3S2. The van der Waals surface area contributed by atoms with Gasteiger partial charge in [0, 0.05) is 5.56 Å². The van der Waals surface area contributed by atoms with Crippen molar-refractivity contribution in [1.82, 2.24) is 15.0 Å². The predicted molar refractivity (Wildman–Crippen MR) is 114 cm³/mol. The first-order valence-electron chi connectivity index (χ1n) is 9.67. The fourth-order valence-corrected chi connectivity index (χ4v) is 4.98. The molecule has 1 unspecified atom stereocenters. The van der Waals surface area contributed by atoms with Gasteiger partial charge in [-0.05, 0) is 25.7 Å². The maximum absolute atomic E-state index is 13.3. The second-order valence-electron chi connectivity index (χ2n) is 8.38. The van der Waals surface area contributed by atoms with Crippen molar-refractivity contribution in [3.05, 3.63) is 34.0 Å². The average molecular weight is 494 g/mol. The van der Waals surface area contributed by atoms with E-state index in [2.05, 4.69) is 19.3 Å². The molecule has 1 amide bonds. The molecule has 0 aliphatic heterocycles. The van der Waals surface area contributed by atoms with E-state index in [4.69, 9.17) is 5.14 Å². The van der Waals surface area contributed by atoms with Crippen LogP contribution in [0.25, 0.3) is 0 Å². The van der Waals surface area contributed by atoms with Crippen molar-refractivity contribution in [3.63, 3.8) is 0 Å². The molecule has 8 nitrogen and oxygen atoms in total. The van der Waals surface area contributed by atoms with Crippen LogP contribution in [-0.2, 0) is 32.9 Å². The summed E-state index contributed by atoms with van der Waals surface area (Å²) in [6, 6.07) is 0. The zero-order valence-electron chi connectivity index (χ0n) is 18.5. The SMILES string of the molecule is CC(C)c1nc(C(F)(F)F)nc(C(C)C)c1CC(=O)N=S(N)(=O)c1cnc(C(C)(C)O)s1. The number of thiazole rings is 1. The van der Waals surface area contributed by atoms with E-state index in [1.165, 1.54) is 20.0 Å². The second-order valence-corrected chi connectivity index (χ2v) is 11.4. The monoisotopic (exact) mass is 493 g/mol. The number of carbonyl (C=O) groups excluding carboxylic acids is 1. The van der Waals surface area contributed by atoms with Gasteiger partial charge in [-0.1, -0.05) is 27.7 Å². The highest BCUT2D eigenvalue weighted by atomic mass is 32.2. The van der Waals surface area contributed by atoms with Crippen molar-refractivity contribution in [2.75, 3.05) is 0 Å². The third-order valence-electron chi connectivity index (χ3n) is 4.28. The summed E-state index contributed by atoms with van der Waals surface area (Å²) in [5.41, 5.74) is -0.929. The van der Waals surface area contributed by atoms with Crippen LogP contribution in [-0.4, -0.2) is 30.2 Å². The van der Waals surface area contributed by atoms with Crippen molar-refractivity contribution in [2.45, 2.75) is 75.8 Å². The fraction of sp³-hybridized carbons (Fsp3) is 0.579. The van der Waals surface area contributed by atoms with Gasteiger partial charge in [0.05, 0.1) is 24.0 Å². The molecular weight excluding hydrogens is 467 g/mol. The molecule has 2 aromatic rings. The minimum absolute atomic E-state index is 0.000176. The largest absolute Gasteiger partial charge is 0.451 e. The van der Waals surface area contributed by atoms with Gasteiger partial charge in [0.2, 0.25) is 5.82 Å². The normalized spacial score (nSPS) is 14.7. The summed E-state index contributed by atoms with van der Waals surface area (Å²) in [5, 5.41) is 16.0. The van der Waals surface area contributed by atoms with E-state index in [9.17, 15) is 27.3 Å². The Kier molecular flexibility index (Phi) is 7.49. The van der Waals surface area contributed by atoms with Crippen LogP contribution in [0.4, 0.5) is 13.2 Å². The Morgan fingerprint density at radius 2 is 1.69 bits per heavy atom. The Hall–Kier alpha value is -1.96. The maximum atomic E-state index is 13.3. The molecule has 0 spiro atoms. The van der Waals surface area contributed by atoms with Gasteiger partial charge in [0.25, 0.3) is 5.91 Å². The molecule has 3 N–H and O–H groups in total. The van der Waals surface area contributed by atoms with E-state index in [0.29, 0.717) is 0 Å². The minimum Gasteiger partial charge on any atom is -0.383 e. The van der Waals surface area contributed by atoms with E-state index in [-0.39, 0.29) is 26.2 Å². The van der Waals surface area contributed by atoms with Crippen LogP contribution in [0.2, 0.25) is 0 Å². The summed E-state index contributed by atoms with van der Waals surface area (Å²) in [4.78, 5) is 23.9. The molecule has 0 radical (unpaired) electrons. The van der Waals surface area contributed by atoms with Gasteiger partial charge < -0.3 is 5.11 Å². The molecule has 1 atom stereocenters. The number of amides is 1. The number of aromatic nitrogens is 3. The molecule has 0 aliphatic carbocycles. The van der Waals surface area contributed by atoms with E-state index in [1.807, 2.05) is 0 Å². The lowest BCUT2D eigenvalue weighted by Gasteiger charge is -2.19. The third-order valence-corrected chi connectivity index (χ3v) is 7.51. The zero-order chi connectivity index (χ0) is 24.6. The molecule has 2 rings (SSSR count). The van der Waals surface area contributed by atoms with E-state index < -0.39 is 51.7 Å². The lowest BCUT2D eigenvalue weighted by molar-refractivity contribution is -0.145. The molecule has 32 heavy (non-hydrogen) atoms. The second kappa shape index (κ2) is 9.12. The van der Waals surface area contributed by atoms with E-state index >= 15 is 0 Å². The highest BCUT2D eigenvalue weighted by molar-refractivity contribution is 7.93. The van der Waals surface area contributed by atoms with Gasteiger partial charge in [-0.15, -0.1) is 15.7 Å². The average Bonchev–Trinajstić information content (AvgIpc) is 3.11. The number of nitrogens with zero attached hydrogens (tertiary/aromatic N) is 4. The van der Waals surface area contributed by atoms with Crippen molar-refractivity contribution < 1.29 is 27.3 Å². The van der Waals surface area contributed by atoms with Crippen LogP contribution in [0, 0.1) is 0 Å². The fourth-order valence-electron chi connectivity index (χ4n) is 2.84. The number of halogens is 3. The number of alkyl halides is 3. The number of rotatable bonds is 6. The summed E-state index contributed by atoms with van der Waals surface area (Å²) in [6.07, 6.45) is -4.02. The first kappa shape index (κ1) is 26.3. The quantitative estimate of drug-likeness (QED) is 0.627. The van der Waals surface area contributed by atoms with Crippen LogP contribution >= 0.6 is 11.3 Å². The molecule has 178 valence electrons. The van der Waals surface area contributed by atoms with E-state index in [1.54, 1.807) is 27.7 Å². The summed E-state index contributed by atoms with van der Waals surface area (Å²) < 4.78 is 56.3. The lowest BCUT2D eigenvalue weighted by atomic mass is 9.94. The highest BCUT2D eigenvalue weighted by Crippen LogP contribution is 2.33. The van der Waals surface area contributed by atoms with Gasteiger partial charge in [-0.3, -0.25) is 4.79 Å². The maximum Gasteiger partial charge on any atom is 0.451 e. The summed E-state index contributed by atoms with van der Waals surface area (Å²) in [5.74, 6) is -3.03. The number of aliphatic hydroxyl groups is 1. The van der Waals surface area contributed by atoms with Gasteiger partial charge in [-0.25, -0.2) is 24.3 Å². The number of carbonyl (C=O) groups is 1. The minimum atomic E-state index is -4.74. The Morgan fingerprint density at radius 3 is 2.06 bits per heavy atom. The molecule has 0 bridgehead atoms. The number of hydrogen-bond donors (Lipinski definition) is 2. The van der Waals surface area contributed by atoms with Crippen LogP contribution in [0.5, 0.6) is 0 Å². The topological polar surface area (TPSA) is 131 Å². The smallest absolute Gasteiger partial charge is 0.383 e. The van der Waals surface area contributed by atoms with Crippen LogP contribution < -0.4 is 5.14 Å². The van der Waals surface area contributed by atoms with Gasteiger partial charge >= 0.3 is 6.18 Å². The predicted octanol–water partition coefficient (Wildman–Crippen LogP) is 3.90. The van der Waals surface area contributed by atoms with Crippen molar-refractivity contribution in [3.8, 4) is 0 Å². The number of nitrogens with two attached hydrogens (primary N) is 1. The molecule has 0 aromatic carbocycles. The summed E-state index contributed by atoms with van der Waals surface area (Å²) in [7, 11) is -3.67. The van der Waals surface area contributed by atoms with Crippen molar-refractivity contribution >= 4 is 27.2 Å². The lowest BCUT2D eigenvalue weighted by Crippen LogP contribution is -2.21. The molecule has 0 fully saturated rings. The zero-order valence-corrected chi connectivity index (χ0v) is 20.2. The van der Waals surface area contributed by atoms with Gasteiger partial charge in [0.15, 0.2) is 9.92 Å². The van der Waals surface area contributed by atoms with Gasteiger partial charge in [0.1, 0.15) is 14.8 Å². The van der Waals surface area contributed by atoms with Crippen molar-refractivity contribution in [2.24, 2.45) is 9.50 Å². The standard InChI is InChI=1S/C19H26F3N5O3S2/c1-9(2)14-11(15(10(3)4)26-16(25-14)19(20,21)22)7-12(28)27-32(23,30)13-8-24-17(31-13)18(5,6)29/h8-10,29H,7H2,1-6H3,(H2,23,27,28,30). The molecule has 2 aromatic heterocycles. The Balaban J connectivity index is 2.52. The molecule has 0 aliphatic rings. The molecule has 13 heteroatoms. The molecule has 0 saturated carbocycles. The third kappa shape index (κ3) is 6.09. The van der Waals surface area contributed by atoms with E-state index in [0.717, 1.165) is 11.3 Å². The first-order chi connectivity index (χ1) is 14.4. The number of hydrogen-bond acceptors (Lipinski definition) is 7. The van der Waals surface area contributed by atoms with Crippen molar-refractivity contribution in [1.29, 1.82) is 0 Å². The molecule has 0 saturated heterocycles. The molecule has 2 heterocycles. The Labute approximate surface area is 188 Å². The summed E-state index contributed by atoms with van der Waals surface area (Å²) >= 11 is 0.859. The Morgan fingerprint density at radius 1 is 1.19 bits per heavy atom. The van der Waals surface area contributed by atoms with Crippen LogP contribution in [0.15, 0.2) is 14.8 Å². The van der Waals surface area contributed by atoms with Crippen LogP contribution in [0.1, 0.15) is 81.2 Å². The highest BCUT2D eigenvalue weighted by Gasteiger charge is 2.37. The first-order valence-corrected chi connectivity index (χ1v) is 12.1. The van der Waals surface area contributed by atoms with Gasteiger partial charge in [-0.2, -0.15) is 13.2 Å². The Bertz CT molecular complexity index is 1100. The van der Waals surface area contributed by atoms with Crippen LogP contribution in [0.3, 0.4) is 0 Å². The summed E-state index contributed by atoms with van der Waals surface area (Å²) in [6.45, 7) is 9.58.